The van der Waals surface area contributed by atoms with E-state index in [-0.39, 0.29) is 0 Å². The molecule has 0 aliphatic heterocycles. The fourth-order valence-electron chi connectivity index (χ4n) is 1.84. The van der Waals surface area contributed by atoms with Crippen LogP contribution in [0.5, 0.6) is 0 Å². The summed E-state index contributed by atoms with van der Waals surface area (Å²) in [6.07, 6.45) is 4.36. The van der Waals surface area contributed by atoms with E-state index in [0.717, 1.165) is 17.7 Å². The number of nitrogens with zero attached hydrogens (tertiary/aromatic N) is 2. The summed E-state index contributed by atoms with van der Waals surface area (Å²) in [5, 5.41) is 0. The second kappa shape index (κ2) is 4.95. The van der Waals surface area contributed by atoms with Gasteiger partial charge in [0.25, 0.3) is 0 Å². The van der Waals surface area contributed by atoms with E-state index in [2.05, 4.69) is 48.1 Å². The zero-order chi connectivity index (χ0) is 12.3. The monoisotopic (exact) mass is 227 g/mol. The Morgan fingerprint density at radius 1 is 1.06 bits per heavy atom. The van der Waals surface area contributed by atoms with Gasteiger partial charge in [0.2, 0.25) is 0 Å². The Bertz CT molecular complexity index is 489. The molecule has 1 aromatic carbocycles. The Labute approximate surface area is 102 Å². The van der Waals surface area contributed by atoms with Crippen LogP contribution in [0.2, 0.25) is 0 Å². The van der Waals surface area contributed by atoms with Gasteiger partial charge < -0.3 is 5.73 Å². The summed E-state index contributed by atoms with van der Waals surface area (Å²) in [5.74, 6) is 1.14. The molecule has 0 saturated carbocycles. The molecule has 2 N–H and O–H groups in total. The first-order chi connectivity index (χ1) is 8.16. The zero-order valence-electron chi connectivity index (χ0n) is 10.2. The van der Waals surface area contributed by atoms with Gasteiger partial charge in [0, 0.05) is 18.0 Å². The summed E-state index contributed by atoms with van der Waals surface area (Å²) < 4.78 is 0. The lowest BCUT2D eigenvalue weighted by molar-refractivity contribution is 0.647. The normalized spacial score (nSPS) is 10.8. The predicted octanol–water partition coefficient (Wildman–Crippen LogP) is 2.92. The fourth-order valence-corrected chi connectivity index (χ4v) is 1.84. The van der Waals surface area contributed by atoms with Crippen molar-refractivity contribution in [2.45, 2.75) is 20.3 Å². The van der Waals surface area contributed by atoms with Crippen molar-refractivity contribution in [1.29, 1.82) is 0 Å². The molecule has 0 radical (unpaired) electrons. The van der Waals surface area contributed by atoms with Crippen LogP contribution in [0.25, 0.3) is 11.3 Å². The molecule has 0 saturated heterocycles. The van der Waals surface area contributed by atoms with E-state index in [4.69, 9.17) is 5.73 Å². The molecular weight excluding hydrogens is 210 g/mol. The van der Waals surface area contributed by atoms with Crippen LogP contribution in [0, 0.1) is 5.92 Å². The van der Waals surface area contributed by atoms with Gasteiger partial charge in [-0.2, -0.15) is 0 Å². The predicted molar refractivity (Wildman–Crippen MR) is 70.4 cm³/mol. The number of nitrogen functional groups attached to an aromatic ring is 1. The molecule has 3 nitrogen and oxygen atoms in total. The standard InChI is InChI=1S/C14H17N3/c1-10(2)9-11-3-5-12(6-4-11)13-14(15)17-8-7-16-13/h3-8,10H,9H2,1-2H3,(H2,15,17). The summed E-state index contributed by atoms with van der Waals surface area (Å²) in [7, 11) is 0. The average Bonchev–Trinajstić information content (AvgIpc) is 2.30. The highest BCUT2D eigenvalue weighted by Gasteiger charge is 2.04. The van der Waals surface area contributed by atoms with Crippen molar-refractivity contribution < 1.29 is 0 Å². The molecule has 0 amide bonds. The topological polar surface area (TPSA) is 51.8 Å². The average molecular weight is 227 g/mol. The van der Waals surface area contributed by atoms with Gasteiger partial charge in [-0.1, -0.05) is 38.1 Å². The van der Waals surface area contributed by atoms with Crippen molar-refractivity contribution in [3.63, 3.8) is 0 Å². The second-order valence-corrected chi connectivity index (χ2v) is 4.59. The van der Waals surface area contributed by atoms with Crippen LogP contribution < -0.4 is 5.73 Å². The lowest BCUT2D eigenvalue weighted by atomic mass is 10.0. The molecule has 1 heterocycles. The first-order valence-corrected chi connectivity index (χ1v) is 5.82. The van der Waals surface area contributed by atoms with Gasteiger partial charge in [0.05, 0.1) is 0 Å². The van der Waals surface area contributed by atoms with Gasteiger partial charge in [-0.15, -0.1) is 0 Å². The summed E-state index contributed by atoms with van der Waals surface area (Å²) in [4.78, 5) is 8.29. The van der Waals surface area contributed by atoms with Crippen LogP contribution in [0.3, 0.4) is 0 Å². The SMILES string of the molecule is CC(C)Cc1ccc(-c2nccnc2N)cc1. The molecule has 3 heteroatoms. The minimum absolute atomic E-state index is 0.476. The summed E-state index contributed by atoms with van der Waals surface area (Å²) in [6, 6.07) is 8.36. The fraction of sp³-hybridized carbons (Fsp3) is 0.286. The van der Waals surface area contributed by atoms with Crippen LogP contribution in [-0.2, 0) is 6.42 Å². The number of aromatic nitrogens is 2. The van der Waals surface area contributed by atoms with Gasteiger partial charge >= 0.3 is 0 Å². The van der Waals surface area contributed by atoms with Crippen LogP contribution in [0.1, 0.15) is 19.4 Å². The Morgan fingerprint density at radius 3 is 2.29 bits per heavy atom. The maximum Gasteiger partial charge on any atom is 0.149 e. The number of nitrogens with two attached hydrogens (primary N) is 1. The highest BCUT2D eigenvalue weighted by molar-refractivity contribution is 5.69. The van der Waals surface area contributed by atoms with Crippen LogP contribution in [-0.4, -0.2) is 9.97 Å². The number of benzene rings is 1. The smallest absolute Gasteiger partial charge is 0.149 e. The van der Waals surface area contributed by atoms with Crippen molar-refractivity contribution in [3.05, 3.63) is 42.2 Å². The zero-order valence-corrected chi connectivity index (χ0v) is 10.2. The first kappa shape index (κ1) is 11.6. The van der Waals surface area contributed by atoms with Crippen LogP contribution in [0.15, 0.2) is 36.7 Å². The Balaban J connectivity index is 2.27. The van der Waals surface area contributed by atoms with Gasteiger partial charge in [-0.3, -0.25) is 4.98 Å². The maximum absolute atomic E-state index is 5.80. The summed E-state index contributed by atoms with van der Waals surface area (Å²) in [5.41, 5.74) is 8.91. The van der Waals surface area contributed by atoms with Crippen LogP contribution >= 0.6 is 0 Å². The van der Waals surface area contributed by atoms with Gasteiger partial charge in [0.1, 0.15) is 11.5 Å². The molecule has 0 fully saturated rings. The Hall–Kier alpha value is -1.90. The largest absolute Gasteiger partial charge is 0.382 e. The molecule has 2 aromatic rings. The van der Waals surface area contributed by atoms with Crippen molar-refractivity contribution in [3.8, 4) is 11.3 Å². The minimum atomic E-state index is 0.476. The van der Waals surface area contributed by atoms with Gasteiger partial charge in [-0.25, -0.2) is 4.98 Å². The lowest BCUT2D eigenvalue weighted by Crippen LogP contribution is -1.97. The Morgan fingerprint density at radius 2 is 1.71 bits per heavy atom. The van der Waals surface area contributed by atoms with E-state index in [0.29, 0.717) is 11.7 Å². The molecule has 1 aromatic heterocycles. The van der Waals surface area contributed by atoms with E-state index >= 15 is 0 Å². The van der Waals surface area contributed by atoms with E-state index in [1.54, 1.807) is 12.4 Å². The second-order valence-electron chi connectivity index (χ2n) is 4.59. The van der Waals surface area contributed by atoms with E-state index in [1.807, 2.05) is 0 Å². The number of hydrogen-bond donors (Lipinski definition) is 1. The molecule has 0 bridgehead atoms. The third kappa shape index (κ3) is 2.81. The van der Waals surface area contributed by atoms with Gasteiger partial charge in [-0.05, 0) is 17.9 Å². The van der Waals surface area contributed by atoms with Gasteiger partial charge in [0.15, 0.2) is 0 Å². The third-order valence-electron chi connectivity index (χ3n) is 2.60. The van der Waals surface area contributed by atoms with E-state index in [1.165, 1.54) is 5.56 Å². The quantitative estimate of drug-likeness (QED) is 0.877. The molecule has 0 unspecified atom stereocenters. The third-order valence-corrected chi connectivity index (χ3v) is 2.60. The molecule has 0 spiro atoms. The van der Waals surface area contributed by atoms with E-state index in [9.17, 15) is 0 Å². The minimum Gasteiger partial charge on any atom is -0.382 e. The van der Waals surface area contributed by atoms with Crippen molar-refractivity contribution >= 4 is 5.82 Å². The molecule has 17 heavy (non-hydrogen) atoms. The van der Waals surface area contributed by atoms with Crippen molar-refractivity contribution in [1.82, 2.24) is 9.97 Å². The summed E-state index contributed by atoms with van der Waals surface area (Å²) >= 11 is 0. The molecule has 0 aliphatic carbocycles. The Kier molecular flexibility index (Phi) is 3.38. The number of hydrogen-bond acceptors (Lipinski definition) is 3. The van der Waals surface area contributed by atoms with Crippen molar-refractivity contribution in [2.24, 2.45) is 5.92 Å². The molecule has 88 valence electrons. The summed E-state index contributed by atoms with van der Waals surface area (Å²) in [6.45, 7) is 4.43. The molecule has 0 atom stereocenters. The molecular formula is C14H17N3. The highest BCUT2D eigenvalue weighted by atomic mass is 14.9. The molecule has 2 rings (SSSR count). The first-order valence-electron chi connectivity index (χ1n) is 5.82. The van der Waals surface area contributed by atoms with Crippen molar-refractivity contribution in [2.75, 3.05) is 5.73 Å². The number of anilines is 1. The van der Waals surface area contributed by atoms with E-state index < -0.39 is 0 Å². The number of rotatable bonds is 3. The molecule has 0 aliphatic rings. The highest BCUT2D eigenvalue weighted by Crippen LogP contribution is 2.22. The maximum atomic E-state index is 5.80. The van der Waals surface area contributed by atoms with Crippen LogP contribution in [0.4, 0.5) is 5.82 Å². The lowest BCUT2D eigenvalue weighted by Gasteiger charge is -2.07.